The number of hydrogen-bond donors (Lipinski definition) is 1. The van der Waals surface area contributed by atoms with Crippen LogP contribution in [0.1, 0.15) is 40.0 Å². The maximum atomic E-state index is 12.3. The number of ether oxygens (including phenoxy) is 2. The highest BCUT2D eigenvalue weighted by atomic mass is 16.6. The fourth-order valence-electron chi connectivity index (χ4n) is 2.82. The highest BCUT2D eigenvalue weighted by molar-refractivity contribution is 5.91. The first-order valence-corrected chi connectivity index (χ1v) is 9.10. The maximum Gasteiger partial charge on any atom is 0.410 e. The van der Waals surface area contributed by atoms with Gasteiger partial charge in [-0.1, -0.05) is 0 Å². The number of anilines is 1. The molecular formula is C20H27N3O3. The molecule has 2 aromatic rings. The predicted molar refractivity (Wildman–Crippen MR) is 102 cm³/mol. The first kappa shape index (κ1) is 18.3. The molecule has 0 bridgehead atoms. The Hall–Kier alpha value is -2.50. The molecule has 2 N–H and O–H groups in total. The van der Waals surface area contributed by atoms with E-state index in [1.807, 2.05) is 49.9 Å². The van der Waals surface area contributed by atoms with Crippen molar-refractivity contribution in [2.75, 3.05) is 18.9 Å². The number of rotatable bonds is 6. The number of hydrogen-bond acceptors (Lipinski definition) is 5. The third kappa shape index (κ3) is 4.77. The Kier molecular flexibility index (Phi) is 5.20. The van der Waals surface area contributed by atoms with Crippen molar-refractivity contribution in [3.63, 3.8) is 0 Å². The van der Waals surface area contributed by atoms with E-state index in [1.54, 1.807) is 6.20 Å². The Morgan fingerprint density at radius 2 is 2.08 bits per heavy atom. The van der Waals surface area contributed by atoms with Crippen LogP contribution in [0.2, 0.25) is 0 Å². The molecule has 1 amide bonds. The molecule has 1 aromatic heterocycles. The van der Waals surface area contributed by atoms with Crippen LogP contribution in [0.3, 0.4) is 0 Å². The van der Waals surface area contributed by atoms with Gasteiger partial charge >= 0.3 is 6.09 Å². The molecule has 0 saturated heterocycles. The quantitative estimate of drug-likeness (QED) is 0.791. The first-order chi connectivity index (χ1) is 12.3. The molecular weight excluding hydrogens is 330 g/mol. The van der Waals surface area contributed by atoms with Crippen molar-refractivity contribution in [1.29, 1.82) is 0 Å². The molecule has 0 spiro atoms. The number of nitrogens with zero attached hydrogens (tertiary/aromatic N) is 2. The molecule has 0 atom stereocenters. The maximum absolute atomic E-state index is 12.3. The molecule has 6 nitrogen and oxygen atoms in total. The summed E-state index contributed by atoms with van der Waals surface area (Å²) in [6.07, 6.45) is 4.33. The summed E-state index contributed by atoms with van der Waals surface area (Å²) in [6.45, 7) is 6.85. The van der Waals surface area contributed by atoms with Crippen LogP contribution in [-0.2, 0) is 4.74 Å². The summed E-state index contributed by atoms with van der Waals surface area (Å²) in [4.78, 5) is 18.2. The topological polar surface area (TPSA) is 77.7 Å². The lowest BCUT2D eigenvalue weighted by Crippen LogP contribution is -2.39. The number of amides is 1. The summed E-state index contributed by atoms with van der Waals surface area (Å²) in [5, 5.41) is 1.92. The van der Waals surface area contributed by atoms with Gasteiger partial charge in [-0.25, -0.2) is 9.78 Å². The molecule has 1 saturated carbocycles. The number of carbonyl (C=O) groups is 1. The van der Waals surface area contributed by atoms with E-state index in [2.05, 4.69) is 4.98 Å². The van der Waals surface area contributed by atoms with Crippen molar-refractivity contribution in [2.45, 2.75) is 51.7 Å². The molecule has 26 heavy (non-hydrogen) atoms. The van der Waals surface area contributed by atoms with Gasteiger partial charge in [0.2, 0.25) is 0 Å². The average Bonchev–Trinajstić information content (AvgIpc) is 3.38. The summed E-state index contributed by atoms with van der Waals surface area (Å²) in [6, 6.07) is 8.01. The van der Waals surface area contributed by atoms with E-state index in [0.717, 1.165) is 35.8 Å². The summed E-state index contributed by atoms with van der Waals surface area (Å²) in [7, 11) is 0. The minimum absolute atomic E-state index is 0.228. The molecule has 0 radical (unpaired) electrons. The molecule has 0 unspecified atom stereocenters. The number of aromatic nitrogens is 1. The number of carbonyl (C=O) groups excluding carboxylic acids is 1. The van der Waals surface area contributed by atoms with Gasteiger partial charge in [-0.3, -0.25) is 0 Å². The van der Waals surface area contributed by atoms with Crippen molar-refractivity contribution in [1.82, 2.24) is 9.88 Å². The second kappa shape index (κ2) is 7.40. The van der Waals surface area contributed by atoms with Gasteiger partial charge in [0.05, 0.1) is 6.61 Å². The average molecular weight is 357 g/mol. The molecule has 1 aromatic carbocycles. The van der Waals surface area contributed by atoms with E-state index in [4.69, 9.17) is 15.2 Å². The Morgan fingerprint density at radius 3 is 2.77 bits per heavy atom. The van der Waals surface area contributed by atoms with Crippen LogP contribution in [0.4, 0.5) is 10.6 Å². The van der Waals surface area contributed by atoms with Crippen LogP contribution in [0.15, 0.2) is 30.5 Å². The number of pyridine rings is 1. The van der Waals surface area contributed by atoms with Gasteiger partial charge in [0.25, 0.3) is 0 Å². The van der Waals surface area contributed by atoms with Gasteiger partial charge < -0.3 is 20.1 Å². The van der Waals surface area contributed by atoms with Gasteiger partial charge in [0.1, 0.15) is 17.2 Å². The van der Waals surface area contributed by atoms with Gasteiger partial charge in [0.15, 0.2) is 0 Å². The Morgan fingerprint density at radius 1 is 1.31 bits per heavy atom. The number of nitrogens with two attached hydrogens (primary N) is 1. The van der Waals surface area contributed by atoms with E-state index >= 15 is 0 Å². The SMILES string of the molecule is CC(C)(C)OC(=O)N(CCCOc1ccc2c(N)nccc2c1)C1CC1. The summed E-state index contributed by atoms with van der Waals surface area (Å²) in [5.74, 6) is 1.31. The molecule has 1 aliphatic rings. The standard InChI is InChI=1S/C20H27N3O3/c1-20(2,3)26-19(24)23(15-5-6-15)11-4-12-25-16-7-8-17-14(13-16)9-10-22-18(17)21/h7-10,13,15H,4-6,11-12H2,1-3H3,(H2,21,22). The molecule has 1 aliphatic carbocycles. The monoisotopic (exact) mass is 357 g/mol. The minimum Gasteiger partial charge on any atom is -0.494 e. The van der Waals surface area contributed by atoms with Crippen LogP contribution in [0.25, 0.3) is 10.8 Å². The minimum atomic E-state index is -0.470. The molecule has 1 heterocycles. The first-order valence-electron chi connectivity index (χ1n) is 9.10. The fourth-order valence-corrected chi connectivity index (χ4v) is 2.82. The smallest absolute Gasteiger partial charge is 0.410 e. The van der Waals surface area contributed by atoms with Crippen LogP contribution < -0.4 is 10.5 Å². The molecule has 3 rings (SSSR count). The Bertz CT molecular complexity index is 781. The third-order valence-corrected chi connectivity index (χ3v) is 4.19. The molecule has 1 fully saturated rings. The lowest BCUT2D eigenvalue weighted by molar-refractivity contribution is 0.0225. The number of nitrogen functional groups attached to an aromatic ring is 1. The summed E-state index contributed by atoms with van der Waals surface area (Å²) < 4.78 is 11.3. The van der Waals surface area contributed by atoms with Crippen molar-refractivity contribution in [2.24, 2.45) is 0 Å². The van der Waals surface area contributed by atoms with Crippen LogP contribution in [-0.4, -0.2) is 40.8 Å². The zero-order chi connectivity index (χ0) is 18.7. The van der Waals surface area contributed by atoms with E-state index in [1.165, 1.54) is 0 Å². The fraction of sp³-hybridized carbons (Fsp3) is 0.500. The van der Waals surface area contributed by atoms with Gasteiger partial charge in [-0.05, 0) is 69.7 Å². The summed E-state index contributed by atoms with van der Waals surface area (Å²) in [5.41, 5.74) is 5.40. The second-order valence-corrected chi connectivity index (χ2v) is 7.69. The van der Waals surface area contributed by atoms with Crippen LogP contribution in [0.5, 0.6) is 5.75 Å². The van der Waals surface area contributed by atoms with E-state index in [0.29, 0.717) is 25.0 Å². The van der Waals surface area contributed by atoms with Crippen LogP contribution in [0, 0.1) is 0 Å². The number of fused-ring (bicyclic) bond motifs is 1. The van der Waals surface area contributed by atoms with Gasteiger partial charge in [-0.15, -0.1) is 0 Å². The Labute approximate surface area is 154 Å². The lowest BCUT2D eigenvalue weighted by Gasteiger charge is -2.27. The zero-order valence-electron chi connectivity index (χ0n) is 15.7. The van der Waals surface area contributed by atoms with Gasteiger partial charge in [0, 0.05) is 24.2 Å². The van der Waals surface area contributed by atoms with E-state index < -0.39 is 5.60 Å². The van der Waals surface area contributed by atoms with Crippen molar-refractivity contribution < 1.29 is 14.3 Å². The van der Waals surface area contributed by atoms with Crippen molar-refractivity contribution in [3.8, 4) is 5.75 Å². The third-order valence-electron chi connectivity index (χ3n) is 4.19. The lowest BCUT2D eigenvalue weighted by atomic mass is 10.1. The molecule has 140 valence electrons. The van der Waals surface area contributed by atoms with E-state index in [9.17, 15) is 4.79 Å². The van der Waals surface area contributed by atoms with E-state index in [-0.39, 0.29) is 6.09 Å². The van der Waals surface area contributed by atoms with Crippen LogP contribution >= 0.6 is 0 Å². The number of benzene rings is 1. The summed E-state index contributed by atoms with van der Waals surface area (Å²) >= 11 is 0. The molecule has 6 heteroatoms. The van der Waals surface area contributed by atoms with Gasteiger partial charge in [-0.2, -0.15) is 0 Å². The molecule has 0 aliphatic heterocycles. The second-order valence-electron chi connectivity index (χ2n) is 7.69. The highest BCUT2D eigenvalue weighted by Gasteiger charge is 2.34. The Balaban J connectivity index is 1.52. The van der Waals surface area contributed by atoms with Crippen molar-refractivity contribution in [3.05, 3.63) is 30.5 Å². The normalized spacial score (nSPS) is 14.3. The predicted octanol–water partition coefficient (Wildman–Crippen LogP) is 3.99. The van der Waals surface area contributed by atoms with Crippen molar-refractivity contribution >= 4 is 22.7 Å². The highest BCUT2D eigenvalue weighted by Crippen LogP contribution is 2.29. The zero-order valence-corrected chi connectivity index (χ0v) is 15.7. The largest absolute Gasteiger partial charge is 0.494 e.